The number of benzene rings is 1. The van der Waals surface area contributed by atoms with Gasteiger partial charge in [0.05, 0.1) is 7.11 Å². The summed E-state index contributed by atoms with van der Waals surface area (Å²) in [6.07, 6.45) is 1.07. The topological polar surface area (TPSA) is 14.2 Å². The molecule has 0 radical (unpaired) electrons. The number of aromatic nitrogens is 1. The zero-order valence-corrected chi connectivity index (χ0v) is 10.7. The predicted molar refractivity (Wildman–Crippen MR) is 70.6 cm³/mol. The first-order chi connectivity index (χ1) is 8.24. The molecule has 2 heteroatoms. The van der Waals surface area contributed by atoms with Crippen molar-refractivity contribution < 1.29 is 4.74 Å². The molecule has 17 heavy (non-hydrogen) atoms. The van der Waals surface area contributed by atoms with Gasteiger partial charge in [-0.15, -0.1) is 0 Å². The van der Waals surface area contributed by atoms with Crippen LogP contribution in [0.15, 0.2) is 36.4 Å². The molecule has 0 bridgehead atoms. The lowest BCUT2D eigenvalue weighted by molar-refractivity contribution is 0.414. The van der Waals surface area contributed by atoms with Gasteiger partial charge in [0.25, 0.3) is 0 Å². The van der Waals surface area contributed by atoms with Crippen LogP contribution in [0.2, 0.25) is 0 Å². The smallest absolute Gasteiger partial charge is 0.118 e. The number of rotatable bonds is 4. The molecule has 0 aliphatic rings. The highest BCUT2D eigenvalue weighted by Crippen LogP contribution is 2.15. The lowest BCUT2D eigenvalue weighted by Crippen LogP contribution is -2.05. The predicted octanol–water partition coefficient (Wildman–Crippen LogP) is 3.42. The summed E-state index contributed by atoms with van der Waals surface area (Å²) >= 11 is 0. The Kier molecular flexibility index (Phi) is 3.52. The fourth-order valence-corrected chi connectivity index (χ4v) is 2.07. The van der Waals surface area contributed by atoms with Crippen molar-refractivity contribution in [3.63, 3.8) is 0 Å². The maximum Gasteiger partial charge on any atom is 0.118 e. The lowest BCUT2D eigenvalue weighted by atomic mass is 10.2. The summed E-state index contributed by atoms with van der Waals surface area (Å²) in [5.41, 5.74) is 4.01. The third-order valence-electron chi connectivity index (χ3n) is 3.15. The Morgan fingerprint density at radius 3 is 2.35 bits per heavy atom. The van der Waals surface area contributed by atoms with E-state index in [0.29, 0.717) is 0 Å². The Balaban J connectivity index is 2.21. The molecule has 0 saturated heterocycles. The number of hydrogen-bond donors (Lipinski definition) is 0. The van der Waals surface area contributed by atoms with Crippen LogP contribution in [-0.4, -0.2) is 11.7 Å². The molecule has 0 unspecified atom stereocenters. The van der Waals surface area contributed by atoms with Gasteiger partial charge in [-0.05, 0) is 43.2 Å². The average Bonchev–Trinajstić information content (AvgIpc) is 2.71. The highest BCUT2D eigenvalue weighted by Gasteiger charge is 2.04. The zero-order valence-electron chi connectivity index (χ0n) is 10.7. The second-order valence-corrected chi connectivity index (χ2v) is 4.25. The van der Waals surface area contributed by atoms with Gasteiger partial charge in [-0.1, -0.05) is 19.1 Å². The van der Waals surface area contributed by atoms with Crippen molar-refractivity contribution in [2.24, 2.45) is 0 Å². The second-order valence-electron chi connectivity index (χ2n) is 4.25. The first-order valence-electron chi connectivity index (χ1n) is 6.02. The van der Waals surface area contributed by atoms with Crippen LogP contribution in [0, 0.1) is 6.92 Å². The summed E-state index contributed by atoms with van der Waals surface area (Å²) in [4.78, 5) is 0. The average molecular weight is 229 g/mol. The molecule has 1 aromatic carbocycles. The third-order valence-corrected chi connectivity index (χ3v) is 3.15. The van der Waals surface area contributed by atoms with Gasteiger partial charge in [0.1, 0.15) is 5.75 Å². The quantitative estimate of drug-likeness (QED) is 0.783. The van der Waals surface area contributed by atoms with Gasteiger partial charge in [-0.25, -0.2) is 0 Å². The summed E-state index contributed by atoms with van der Waals surface area (Å²) < 4.78 is 7.53. The van der Waals surface area contributed by atoms with E-state index in [4.69, 9.17) is 4.74 Å². The van der Waals surface area contributed by atoms with Crippen molar-refractivity contribution in [1.82, 2.24) is 4.57 Å². The number of hydrogen-bond acceptors (Lipinski definition) is 1. The van der Waals surface area contributed by atoms with Crippen LogP contribution in [0.3, 0.4) is 0 Å². The van der Waals surface area contributed by atoms with Gasteiger partial charge in [0.2, 0.25) is 0 Å². The van der Waals surface area contributed by atoms with Crippen LogP contribution >= 0.6 is 0 Å². The molecule has 1 heterocycles. The molecule has 0 amide bonds. The SMILES string of the molecule is CCc1ccc(C)n1Cc1ccc(OC)cc1. The van der Waals surface area contributed by atoms with Gasteiger partial charge in [0, 0.05) is 17.9 Å². The molecule has 0 N–H and O–H groups in total. The number of aryl methyl sites for hydroxylation is 2. The largest absolute Gasteiger partial charge is 0.497 e. The summed E-state index contributed by atoms with van der Waals surface area (Å²) in [5, 5.41) is 0. The van der Waals surface area contributed by atoms with Crippen LogP contribution in [0.1, 0.15) is 23.9 Å². The van der Waals surface area contributed by atoms with E-state index in [1.807, 2.05) is 12.1 Å². The van der Waals surface area contributed by atoms with Crippen LogP contribution in [0.4, 0.5) is 0 Å². The molecular formula is C15H19NO. The van der Waals surface area contributed by atoms with E-state index in [1.54, 1.807) is 7.11 Å². The van der Waals surface area contributed by atoms with Crippen LogP contribution in [-0.2, 0) is 13.0 Å². The molecule has 0 aliphatic carbocycles. The van der Waals surface area contributed by atoms with E-state index in [9.17, 15) is 0 Å². The minimum Gasteiger partial charge on any atom is -0.497 e. The van der Waals surface area contributed by atoms with Crippen LogP contribution in [0.25, 0.3) is 0 Å². The monoisotopic (exact) mass is 229 g/mol. The van der Waals surface area contributed by atoms with Crippen molar-refractivity contribution in [3.8, 4) is 5.75 Å². The van der Waals surface area contributed by atoms with Gasteiger partial charge in [0.15, 0.2) is 0 Å². The fraction of sp³-hybridized carbons (Fsp3) is 0.333. The Morgan fingerprint density at radius 1 is 1.06 bits per heavy atom. The Bertz CT molecular complexity index is 482. The number of methoxy groups -OCH3 is 1. The summed E-state index contributed by atoms with van der Waals surface area (Å²) in [6, 6.07) is 12.7. The molecule has 1 aromatic heterocycles. The third kappa shape index (κ3) is 2.52. The van der Waals surface area contributed by atoms with E-state index in [0.717, 1.165) is 18.7 Å². The molecule has 2 rings (SSSR count). The molecular weight excluding hydrogens is 210 g/mol. The normalized spacial score (nSPS) is 10.5. The maximum atomic E-state index is 5.17. The van der Waals surface area contributed by atoms with E-state index >= 15 is 0 Å². The van der Waals surface area contributed by atoms with E-state index in [2.05, 4.69) is 42.7 Å². The summed E-state index contributed by atoms with van der Waals surface area (Å²) in [6.45, 7) is 5.29. The van der Waals surface area contributed by atoms with E-state index in [-0.39, 0.29) is 0 Å². The molecule has 90 valence electrons. The minimum atomic E-state index is 0.911. The summed E-state index contributed by atoms with van der Waals surface area (Å²) in [5.74, 6) is 0.911. The highest BCUT2D eigenvalue weighted by atomic mass is 16.5. The van der Waals surface area contributed by atoms with Crippen LogP contribution < -0.4 is 4.74 Å². The first kappa shape index (κ1) is 11.8. The molecule has 0 atom stereocenters. The van der Waals surface area contributed by atoms with Crippen molar-refractivity contribution in [1.29, 1.82) is 0 Å². The first-order valence-corrected chi connectivity index (χ1v) is 6.02. The minimum absolute atomic E-state index is 0.911. The standard InChI is InChI=1S/C15H19NO/c1-4-14-8-5-12(2)16(14)11-13-6-9-15(17-3)10-7-13/h5-10H,4,11H2,1-3H3. The van der Waals surface area contributed by atoms with Crippen molar-refractivity contribution in [3.05, 3.63) is 53.3 Å². The van der Waals surface area contributed by atoms with Crippen molar-refractivity contribution in [2.45, 2.75) is 26.8 Å². The van der Waals surface area contributed by atoms with Gasteiger partial charge in [-0.3, -0.25) is 0 Å². The molecule has 0 saturated carbocycles. The molecule has 2 aromatic rings. The molecule has 0 aliphatic heterocycles. The fourth-order valence-electron chi connectivity index (χ4n) is 2.07. The summed E-state index contributed by atoms with van der Waals surface area (Å²) in [7, 11) is 1.69. The zero-order chi connectivity index (χ0) is 12.3. The highest BCUT2D eigenvalue weighted by molar-refractivity contribution is 5.28. The van der Waals surface area contributed by atoms with E-state index < -0.39 is 0 Å². The number of ether oxygens (including phenoxy) is 1. The van der Waals surface area contributed by atoms with Crippen LogP contribution in [0.5, 0.6) is 5.75 Å². The van der Waals surface area contributed by atoms with Gasteiger partial charge < -0.3 is 9.30 Å². The second kappa shape index (κ2) is 5.09. The number of nitrogens with zero attached hydrogens (tertiary/aromatic N) is 1. The van der Waals surface area contributed by atoms with Crippen molar-refractivity contribution in [2.75, 3.05) is 7.11 Å². The Labute approximate surface area is 103 Å². The lowest BCUT2D eigenvalue weighted by Gasteiger charge is -2.11. The van der Waals surface area contributed by atoms with Gasteiger partial charge >= 0.3 is 0 Å². The Morgan fingerprint density at radius 2 is 1.76 bits per heavy atom. The molecule has 0 fully saturated rings. The molecule has 0 spiro atoms. The van der Waals surface area contributed by atoms with E-state index in [1.165, 1.54) is 17.0 Å². The maximum absolute atomic E-state index is 5.17. The van der Waals surface area contributed by atoms with Gasteiger partial charge in [-0.2, -0.15) is 0 Å². The molecule has 2 nitrogen and oxygen atoms in total. The van der Waals surface area contributed by atoms with Crippen molar-refractivity contribution >= 4 is 0 Å². The Hall–Kier alpha value is -1.70.